The predicted octanol–water partition coefficient (Wildman–Crippen LogP) is 3.57. The molecule has 1 aromatic carbocycles. The molecule has 1 atom stereocenters. The predicted molar refractivity (Wildman–Crippen MR) is 80.9 cm³/mol. The topological polar surface area (TPSA) is 15.3 Å². The van der Waals surface area contributed by atoms with Gasteiger partial charge in [-0.05, 0) is 25.0 Å². The molecular weight excluding hydrogens is 286 g/mol. The van der Waals surface area contributed by atoms with Gasteiger partial charge in [0.1, 0.15) is 5.82 Å². The van der Waals surface area contributed by atoms with Gasteiger partial charge in [-0.25, -0.2) is 4.39 Å². The van der Waals surface area contributed by atoms with E-state index in [1.807, 2.05) is 6.92 Å². The van der Waals surface area contributed by atoms with Crippen molar-refractivity contribution in [1.29, 1.82) is 0 Å². The van der Waals surface area contributed by atoms with Gasteiger partial charge in [-0.1, -0.05) is 24.6 Å². The third kappa shape index (κ3) is 3.60. The lowest BCUT2D eigenvalue weighted by molar-refractivity contribution is 0.166. The van der Waals surface area contributed by atoms with Crippen LogP contribution in [0.1, 0.15) is 30.5 Å². The van der Waals surface area contributed by atoms with Crippen LogP contribution in [0.2, 0.25) is 5.02 Å². The van der Waals surface area contributed by atoms with Crippen LogP contribution in [0.3, 0.4) is 0 Å². The van der Waals surface area contributed by atoms with Crippen molar-refractivity contribution in [3.63, 3.8) is 0 Å². The third-order valence-electron chi connectivity index (χ3n) is 3.63. The second-order valence-corrected chi connectivity index (χ2v) is 5.18. The first kappa shape index (κ1) is 16.7. The Morgan fingerprint density at radius 3 is 2.58 bits per heavy atom. The molecule has 1 aromatic rings. The number of hydrogen-bond donors (Lipinski definition) is 1. The van der Waals surface area contributed by atoms with Crippen molar-refractivity contribution >= 4 is 24.0 Å². The summed E-state index contributed by atoms with van der Waals surface area (Å²) >= 11 is 6.31. The molecule has 1 fully saturated rings. The molecule has 0 bridgehead atoms. The van der Waals surface area contributed by atoms with Gasteiger partial charge in [-0.15, -0.1) is 12.4 Å². The Labute approximate surface area is 125 Å². The molecular formula is C14H21Cl2FN2. The van der Waals surface area contributed by atoms with Crippen LogP contribution in [0.25, 0.3) is 0 Å². The summed E-state index contributed by atoms with van der Waals surface area (Å²) < 4.78 is 14.1. The van der Waals surface area contributed by atoms with E-state index < -0.39 is 0 Å². The molecule has 0 aromatic heterocycles. The van der Waals surface area contributed by atoms with Gasteiger partial charge in [-0.2, -0.15) is 0 Å². The molecule has 0 amide bonds. The van der Waals surface area contributed by atoms with Gasteiger partial charge in [0.25, 0.3) is 0 Å². The lowest BCUT2D eigenvalue weighted by atomic mass is 9.99. The SMILES string of the molecule is CC[C@H](c1c(F)ccc(C)c1Cl)N1CCNCC1.Cl. The number of piperazine rings is 1. The second kappa shape index (κ2) is 7.44. The van der Waals surface area contributed by atoms with Gasteiger partial charge in [0, 0.05) is 37.8 Å². The first-order valence-corrected chi connectivity index (χ1v) is 6.92. The maximum absolute atomic E-state index is 14.1. The zero-order valence-corrected chi connectivity index (χ0v) is 13.0. The van der Waals surface area contributed by atoms with Crippen LogP contribution < -0.4 is 5.32 Å². The molecule has 2 rings (SSSR count). The van der Waals surface area contributed by atoms with Crippen LogP contribution in [0.5, 0.6) is 0 Å². The zero-order valence-electron chi connectivity index (χ0n) is 11.4. The van der Waals surface area contributed by atoms with E-state index in [2.05, 4.69) is 17.1 Å². The Morgan fingerprint density at radius 2 is 2.00 bits per heavy atom. The second-order valence-electron chi connectivity index (χ2n) is 4.80. The Morgan fingerprint density at radius 1 is 1.37 bits per heavy atom. The van der Waals surface area contributed by atoms with Crippen LogP contribution in [-0.4, -0.2) is 31.1 Å². The molecule has 0 aliphatic carbocycles. The monoisotopic (exact) mass is 306 g/mol. The van der Waals surface area contributed by atoms with Crippen LogP contribution >= 0.6 is 24.0 Å². The van der Waals surface area contributed by atoms with E-state index in [0.717, 1.165) is 38.2 Å². The van der Waals surface area contributed by atoms with Crippen LogP contribution in [0.4, 0.5) is 4.39 Å². The highest BCUT2D eigenvalue weighted by Gasteiger charge is 2.25. The van der Waals surface area contributed by atoms with Gasteiger partial charge in [0.15, 0.2) is 0 Å². The third-order valence-corrected chi connectivity index (χ3v) is 4.13. The van der Waals surface area contributed by atoms with Gasteiger partial charge >= 0.3 is 0 Å². The fourth-order valence-corrected chi connectivity index (χ4v) is 2.90. The maximum atomic E-state index is 14.1. The minimum absolute atomic E-state index is 0. The number of nitrogens with zero attached hydrogens (tertiary/aromatic N) is 1. The van der Waals surface area contributed by atoms with Crippen LogP contribution in [0, 0.1) is 12.7 Å². The Hall–Kier alpha value is -0.350. The first-order valence-electron chi connectivity index (χ1n) is 6.54. The Kier molecular flexibility index (Phi) is 6.54. The fourth-order valence-electron chi connectivity index (χ4n) is 2.62. The van der Waals surface area contributed by atoms with Gasteiger partial charge in [-0.3, -0.25) is 4.90 Å². The Balaban J connectivity index is 0.00000180. The van der Waals surface area contributed by atoms with E-state index in [0.29, 0.717) is 10.6 Å². The van der Waals surface area contributed by atoms with Crippen LogP contribution in [-0.2, 0) is 0 Å². The molecule has 1 aliphatic heterocycles. The summed E-state index contributed by atoms with van der Waals surface area (Å²) in [7, 11) is 0. The van der Waals surface area contributed by atoms with Gasteiger partial charge in [0.05, 0.1) is 5.02 Å². The average Bonchev–Trinajstić information content (AvgIpc) is 2.40. The summed E-state index contributed by atoms with van der Waals surface area (Å²) in [4.78, 5) is 2.32. The normalized spacial score (nSPS) is 17.9. The summed E-state index contributed by atoms with van der Waals surface area (Å²) in [5.41, 5.74) is 1.61. The minimum atomic E-state index is -0.184. The molecule has 0 spiro atoms. The number of rotatable bonds is 3. The molecule has 1 saturated heterocycles. The van der Waals surface area contributed by atoms with Gasteiger partial charge < -0.3 is 5.32 Å². The molecule has 108 valence electrons. The standard InChI is InChI=1S/C14H20ClFN2.ClH/c1-3-12(18-8-6-17-7-9-18)13-11(16)5-4-10(2)14(13)15;/h4-5,12,17H,3,6-9H2,1-2H3;1H/t12-;/m1./s1. The minimum Gasteiger partial charge on any atom is -0.314 e. The van der Waals surface area contributed by atoms with E-state index in [1.165, 1.54) is 6.07 Å². The molecule has 0 radical (unpaired) electrons. The highest BCUT2D eigenvalue weighted by molar-refractivity contribution is 6.32. The largest absolute Gasteiger partial charge is 0.314 e. The maximum Gasteiger partial charge on any atom is 0.129 e. The van der Waals surface area contributed by atoms with E-state index >= 15 is 0 Å². The summed E-state index contributed by atoms with van der Waals surface area (Å²) in [6.45, 7) is 7.83. The molecule has 19 heavy (non-hydrogen) atoms. The van der Waals surface area contributed by atoms with Crippen molar-refractivity contribution in [2.45, 2.75) is 26.3 Å². The summed E-state index contributed by atoms with van der Waals surface area (Å²) in [5, 5.41) is 3.90. The van der Waals surface area contributed by atoms with Crippen molar-refractivity contribution in [3.8, 4) is 0 Å². The summed E-state index contributed by atoms with van der Waals surface area (Å²) in [6.07, 6.45) is 0.875. The van der Waals surface area contributed by atoms with E-state index in [4.69, 9.17) is 11.6 Å². The molecule has 0 unspecified atom stereocenters. The molecule has 1 heterocycles. The quantitative estimate of drug-likeness (QED) is 0.918. The highest BCUT2D eigenvalue weighted by Crippen LogP contribution is 2.34. The number of aryl methyl sites for hydroxylation is 1. The molecule has 5 heteroatoms. The van der Waals surface area contributed by atoms with Gasteiger partial charge in [0.2, 0.25) is 0 Å². The Bertz CT molecular complexity index is 420. The van der Waals surface area contributed by atoms with E-state index in [-0.39, 0.29) is 24.3 Å². The van der Waals surface area contributed by atoms with E-state index in [9.17, 15) is 4.39 Å². The fraction of sp³-hybridized carbons (Fsp3) is 0.571. The van der Waals surface area contributed by atoms with Crippen LogP contribution in [0.15, 0.2) is 12.1 Å². The smallest absolute Gasteiger partial charge is 0.129 e. The number of benzene rings is 1. The zero-order chi connectivity index (χ0) is 13.1. The molecule has 1 N–H and O–H groups in total. The van der Waals surface area contributed by atoms with Crippen molar-refractivity contribution < 1.29 is 4.39 Å². The summed E-state index contributed by atoms with van der Waals surface area (Å²) in [5.74, 6) is -0.184. The van der Waals surface area contributed by atoms with Crippen molar-refractivity contribution in [2.75, 3.05) is 26.2 Å². The highest BCUT2D eigenvalue weighted by atomic mass is 35.5. The molecule has 2 nitrogen and oxygen atoms in total. The lowest BCUT2D eigenvalue weighted by Crippen LogP contribution is -2.45. The summed E-state index contributed by atoms with van der Waals surface area (Å²) in [6, 6.07) is 3.35. The molecule has 1 aliphatic rings. The first-order chi connectivity index (χ1) is 8.65. The number of hydrogen-bond acceptors (Lipinski definition) is 2. The lowest BCUT2D eigenvalue weighted by Gasteiger charge is -2.35. The van der Waals surface area contributed by atoms with Crippen molar-refractivity contribution in [3.05, 3.63) is 34.1 Å². The molecule has 0 saturated carbocycles. The number of halogens is 3. The van der Waals surface area contributed by atoms with Crippen molar-refractivity contribution in [2.24, 2.45) is 0 Å². The van der Waals surface area contributed by atoms with E-state index in [1.54, 1.807) is 6.07 Å². The number of nitrogens with one attached hydrogen (secondary N) is 1. The van der Waals surface area contributed by atoms with Crippen molar-refractivity contribution in [1.82, 2.24) is 10.2 Å². The average molecular weight is 307 g/mol.